The van der Waals surface area contributed by atoms with Crippen molar-refractivity contribution in [1.29, 1.82) is 0 Å². The zero-order valence-corrected chi connectivity index (χ0v) is 13.5. The lowest BCUT2D eigenvalue weighted by molar-refractivity contribution is 0.159. The van der Waals surface area contributed by atoms with E-state index in [0.29, 0.717) is 29.4 Å². The van der Waals surface area contributed by atoms with Crippen LogP contribution in [0.1, 0.15) is 12.5 Å². The number of likely N-dealkylation sites (N-methyl/N-ethyl adjacent to an activating group) is 1. The van der Waals surface area contributed by atoms with Crippen molar-refractivity contribution >= 4 is 27.3 Å². The highest BCUT2D eigenvalue weighted by Crippen LogP contribution is 2.29. The maximum absolute atomic E-state index is 12.7. The van der Waals surface area contributed by atoms with E-state index in [2.05, 4.69) is 4.90 Å². The van der Waals surface area contributed by atoms with E-state index in [1.165, 1.54) is 10.4 Å². The fourth-order valence-electron chi connectivity index (χ4n) is 2.29. The molecule has 1 saturated heterocycles. The topological polar surface area (TPSA) is 66.6 Å². The molecule has 5 nitrogen and oxygen atoms in total. The molecule has 1 fully saturated rings. The van der Waals surface area contributed by atoms with Gasteiger partial charge in [-0.1, -0.05) is 11.6 Å². The van der Waals surface area contributed by atoms with Gasteiger partial charge in [0.15, 0.2) is 0 Å². The summed E-state index contributed by atoms with van der Waals surface area (Å²) in [6, 6.07) is 3.22. The summed E-state index contributed by atoms with van der Waals surface area (Å²) in [5.74, 6) is 0. The molecule has 1 heterocycles. The van der Waals surface area contributed by atoms with Crippen LogP contribution < -0.4 is 5.73 Å². The van der Waals surface area contributed by atoms with E-state index in [-0.39, 0.29) is 10.9 Å². The normalized spacial score (nSPS) is 22.1. The van der Waals surface area contributed by atoms with E-state index >= 15 is 0 Å². The standard InChI is InChI=1S/C13H20ClN3O2S/c1-9-6-11(7-12(15)13(9)14)20(18,19)17-5-4-16(3)10(2)8-17/h6-7,10H,4-5,8,15H2,1-3H3. The molecular weight excluding hydrogens is 298 g/mol. The number of nitrogen functional groups attached to an aromatic ring is 1. The predicted octanol–water partition coefficient (Wildman–Crippen LogP) is 1.56. The van der Waals surface area contributed by atoms with Gasteiger partial charge in [-0.3, -0.25) is 0 Å². The average Bonchev–Trinajstić information content (AvgIpc) is 2.38. The molecule has 0 bridgehead atoms. The molecule has 1 aliphatic rings. The van der Waals surface area contributed by atoms with Crippen LogP contribution in [0.5, 0.6) is 0 Å². The first-order valence-electron chi connectivity index (χ1n) is 6.49. The van der Waals surface area contributed by atoms with Crippen molar-refractivity contribution in [3.05, 3.63) is 22.7 Å². The van der Waals surface area contributed by atoms with Crippen molar-refractivity contribution < 1.29 is 8.42 Å². The molecule has 0 aliphatic carbocycles. The van der Waals surface area contributed by atoms with E-state index in [9.17, 15) is 8.42 Å². The quantitative estimate of drug-likeness (QED) is 0.841. The molecule has 2 N–H and O–H groups in total. The van der Waals surface area contributed by atoms with E-state index in [1.54, 1.807) is 13.0 Å². The fraction of sp³-hybridized carbons (Fsp3) is 0.538. The SMILES string of the molecule is Cc1cc(S(=O)(=O)N2CCN(C)C(C)C2)cc(N)c1Cl. The van der Waals surface area contributed by atoms with Crippen LogP contribution >= 0.6 is 11.6 Å². The summed E-state index contributed by atoms with van der Waals surface area (Å²) < 4.78 is 26.8. The minimum atomic E-state index is -3.51. The third-order valence-electron chi connectivity index (χ3n) is 3.82. The Labute approximate surface area is 125 Å². The molecule has 7 heteroatoms. The maximum Gasteiger partial charge on any atom is 0.243 e. The summed E-state index contributed by atoms with van der Waals surface area (Å²) in [5.41, 5.74) is 6.75. The Kier molecular flexibility index (Phi) is 4.30. The number of rotatable bonds is 2. The van der Waals surface area contributed by atoms with Gasteiger partial charge in [0.25, 0.3) is 0 Å². The number of benzene rings is 1. The Balaban J connectivity index is 2.36. The van der Waals surface area contributed by atoms with Gasteiger partial charge >= 0.3 is 0 Å². The van der Waals surface area contributed by atoms with E-state index < -0.39 is 10.0 Å². The number of hydrogen-bond acceptors (Lipinski definition) is 4. The van der Waals surface area contributed by atoms with Crippen LogP contribution in [0.3, 0.4) is 0 Å². The lowest BCUT2D eigenvalue weighted by atomic mass is 10.2. The Morgan fingerprint density at radius 2 is 2.00 bits per heavy atom. The van der Waals surface area contributed by atoms with Crippen LogP contribution in [0.25, 0.3) is 0 Å². The smallest absolute Gasteiger partial charge is 0.243 e. The molecule has 1 aliphatic heterocycles. The van der Waals surface area contributed by atoms with Gasteiger partial charge in [-0.25, -0.2) is 8.42 Å². The average molecular weight is 318 g/mol. The fourth-order valence-corrected chi connectivity index (χ4v) is 4.04. The van der Waals surface area contributed by atoms with Crippen LogP contribution in [0, 0.1) is 6.92 Å². The van der Waals surface area contributed by atoms with Crippen LogP contribution in [0.4, 0.5) is 5.69 Å². The highest BCUT2D eigenvalue weighted by Gasteiger charge is 2.31. The van der Waals surface area contributed by atoms with Crippen LogP contribution in [0.2, 0.25) is 5.02 Å². The van der Waals surface area contributed by atoms with Gasteiger partial charge in [-0.15, -0.1) is 0 Å². The number of aryl methyl sites for hydroxylation is 1. The molecule has 0 spiro atoms. The number of nitrogens with two attached hydrogens (primary N) is 1. The third-order valence-corrected chi connectivity index (χ3v) is 6.18. The molecule has 20 heavy (non-hydrogen) atoms. The zero-order valence-electron chi connectivity index (χ0n) is 11.9. The van der Waals surface area contributed by atoms with E-state index in [1.807, 2.05) is 14.0 Å². The highest BCUT2D eigenvalue weighted by atomic mass is 35.5. The molecule has 0 amide bonds. The van der Waals surface area contributed by atoms with Gasteiger partial charge in [-0.05, 0) is 38.6 Å². The Bertz CT molecular complexity index is 595. The summed E-state index contributed by atoms with van der Waals surface area (Å²) in [7, 11) is -1.51. The molecule has 0 aromatic heterocycles. The summed E-state index contributed by atoms with van der Waals surface area (Å²) >= 11 is 5.99. The molecule has 1 atom stereocenters. The predicted molar refractivity (Wildman–Crippen MR) is 81.5 cm³/mol. The van der Waals surface area contributed by atoms with Gasteiger partial charge < -0.3 is 10.6 Å². The number of halogens is 1. The van der Waals surface area contributed by atoms with E-state index in [4.69, 9.17) is 17.3 Å². The zero-order chi connectivity index (χ0) is 15.1. The summed E-state index contributed by atoms with van der Waals surface area (Å²) in [4.78, 5) is 2.36. The number of nitrogens with zero attached hydrogens (tertiary/aromatic N) is 2. The van der Waals surface area contributed by atoms with Crippen LogP contribution in [-0.2, 0) is 10.0 Å². The van der Waals surface area contributed by atoms with Crippen LogP contribution in [0.15, 0.2) is 17.0 Å². The van der Waals surface area contributed by atoms with Gasteiger partial charge in [0.2, 0.25) is 10.0 Å². The highest BCUT2D eigenvalue weighted by molar-refractivity contribution is 7.89. The molecule has 112 valence electrons. The number of anilines is 1. The second-order valence-corrected chi connectivity index (χ2v) is 7.65. The first-order valence-corrected chi connectivity index (χ1v) is 8.31. The summed E-state index contributed by atoms with van der Waals surface area (Å²) in [5, 5.41) is 0.413. The monoisotopic (exact) mass is 317 g/mol. The van der Waals surface area contributed by atoms with Gasteiger partial charge in [0.1, 0.15) is 0 Å². The number of hydrogen-bond donors (Lipinski definition) is 1. The molecular formula is C13H20ClN3O2S. The first kappa shape index (κ1) is 15.6. The lowest BCUT2D eigenvalue weighted by Crippen LogP contribution is -2.51. The van der Waals surface area contributed by atoms with Crippen molar-refractivity contribution in [3.63, 3.8) is 0 Å². The third kappa shape index (κ3) is 2.79. The molecule has 0 radical (unpaired) electrons. The molecule has 2 rings (SSSR count). The summed E-state index contributed by atoms with van der Waals surface area (Å²) in [6.45, 7) is 5.47. The largest absolute Gasteiger partial charge is 0.397 e. The van der Waals surface area contributed by atoms with Crippen molar-refractivity contribution in [2.75, 3.05) is 32.4 Å². The molecule has 1 aromatic carbocycles. The molecule has 0 saturated carbocycles. The van der Waals surface area contributed by atoms with Crippen LogP contribution in [-0.4, -0.2) is 50.3 Å². The van der Waals surface area contributed by atoms with E-state index in [0.717, 1.165) is 6.54 Å². The Morgan fingerprint density at radius 3 is 2.55 bits per heavy atom. The lowest BCUT2D eigenvalue weighted by Gasteiger charge is -2.36. The Hall–Kier alpha value is -0.820. The second-order valence-electron chi connectivity index (χ2n) is 5.34. The molecule has 1 unspecified atom stereocenters. The minimum Gasteiger partial charge on any atom is -0.397 e. The van der Waals surface area contributed by atoms with Gasteiger partial charge in [0, 0.05) is 25.7 Å². The van der Waals surface area contributed by atoms with Gasteiger partial charge in [0.05, 0.1) is 15.6 Å². The number of sulfonamides is 1. The van der Waals surface area contributed by atoms with Gasteiger partial charge in [-0.2, -0.15) is 4.31 Å². The summed E-state index contributed by atoms with van der Waals surface area (Å²) in [6.07, 6.45) is 0. The number of piperazine rings is 1. The van der Waals surface area contributed by atoms with Crippen molar-refractivity contribution in [2.45, 2.75) is 24.8 Å². The van der Waals surface area contributed by atoms with Crippen molar-refractivity contribution in [3.8, 4) is 0 Å². The van der Waals surface area contributed by atoms with Crippen molar-refractivity contribution in [2.24, 2.45) is 0 Å². The minimum absolute atomic E-state index is 0.198. The molecule has 1 aromatic rings. The first-order chi connectivity index (χ1) is 9.23. The second kappa shape index (κ2) is 5.52. The Morgan fingerprint density at radius 1 is 1.35 bits per heavy atom. The van der Waals surface area contributed by atoms with Crippen molar-refractivity contribution in [1.82, 2.24) is 9.21 Å². The maximum atomic E-state index is 12.7.